The molecule has 4 rings (SSSR count). The number of imide groups is 1. The van der Waals surface area contributed by atoms with E-state index in [2.05, 4.69) is 26.6 Å². The van der Waals surface area contributed by atoms with E-state index >= 15 is 0 Å². The lowest BCUT2D eigenvalue weighted by atomic mass is 9.76. The van der Waals surface area contributed by atoms with E-state index in [0.717, 1.165) is 22.9 Å². The molecule has 3 aliphatic heterocycles. The van der Waals surface area contributed by atoms with Crippen molar-refractivity contribution in [1.82, 2.24) is 10.2 Å². The number of hydrogen-bond acceptors (Lipinski definition) is 4. The highest BCUT2D eigenvalue weighted by molar-refractivity contribution is 9.10. The Bertz CT molecular complexity index is 796. The van der Waals surface area contributed by atoms with E-state index in [1.165, 1.54) is 4.90 Å². The number of unbranched alkanes of at least 4 members (excludes halogenated alkanes) is 1. The summed E-state index contributed by atoms with van der Waals surface area (Å²) in [5, 5.41) is 6.18. The molecule has 2 N–H and O–H groups in total. The summed E-state index contributed by atoms with van der Waals surface area (Å²) in [6.07, 6.45) is 1.68. The smallest absolute Gasteiger partial charge is 0.250 e. The molecular formula is C18H20BrN3O3. The number of hydrogen-bond donors (Lipinski definition) is 2. The standard InChI is InChI=1S/C18H20BrN3O3/c1-3-4-7-22-15(23)13-9(2)21-18(14(13)16(22)24)11-8-10(19)5-6-12(11)20-17(18)25/h5-6,8-9,13-14,21H,3-4,7H2,1-2H3,(H,20,25)/t9-,13-,14+,18+/m1/s1. The largest absolute Gasteiger partial charge is 0.324 e. The molecule has 0 unspecified atom stereocenters. The van der Waals surface area contributed by atoms with E-state index in [9.17, 15) is 14.4 Å². The van der Waals surface area contributed by atoms with Gasteiger partial charge < -0.3 is 5.32 Å². The van der Waals surface area contributed by atoms with Crippen molar-refractivity contribution in [3.05, 3.63) is 28.2 Å². The maximum absolute atomic E-state index is 13.1. The summed E-state index contributed by atoms with van der Waals surface area (Å²) in [6.45, 7) is 4.33. The lowest BCUT2D eigenvalue weighted by molar-refractivity contribution is -0.142. The fourth-order valence-electron chi connectivity index (χ4n) is 4.53. The number of carbonyl (C=O) groups is 3. The van der Waals surface area contributed by atoms with Crippen LogP contribution in [-0.2, 0) is 19.9 Å². The second-order valence-corrected chi connectivity index (χ2v) is 7.99. The molecule has 0 bridgehead atoms. The third kappa shape index (κ3) is 2.08. The highest BCUT2D eigenvalue weighted by atomic mass is 79.9. The van der Waals surface area contributed by atoms with Crippen LogP contribution in [-0.4, -0.2) is 35.2 Å². The van der Waals surface area contributed by atoms with Crippen LogP contribution in [0.15, 0.2) is 22.7 Å². The number of fused-ring (bicyclic) bond motifs is 4. The Hall–Kier alpha value is -1.73. The average molecular weight is 406 g/mol. The third-order valence-corrected chi connectivity index (χ3v) is 6.14. The van der Waals surface area contributed by atoms with Gasteiger partial charge in [0.1, 0.15) is 5.54 Å². The number of amides is 3. The number of likely N-dealkylation sites (tertiary alicyclic amines) is 1. The van der Waals surface area contributed by atoms with Gasteiger partial charge in [0.25, 0.3) is 0 Å². The number of carbonyl (C=O) groups excluding carboxylic acids is 3. The van der Waals surface area contributed by atoms with Gasteiger partial charge >= 0.3 is 0 Å². The molecule has 25 heavy (non-hydrogen) atoms. The Balaban J connectivity index is 1.83. The number of nitrogens with zero attached hydrogens (tertiary/aromatic N) is 1. The topological polar surface area (TPSA) is 78.5 Å². The normalized spacial score (nSPS) is 33.2. The van der Waals surface area contributed by atoms with Gasteiger partial charge in [0, 0.05) is 28.3 Å². The molecule has 0 aromatic heterocycles. The van der Waals surface area contributed by atoms with Gasteiger partial charge in [-0.1, -0.05) is 29.3 Å². The number of halogens is 1. The summed E-state index contributed by atoms with van der Waals surface area (Å²) in [5.41, 5.74) is 0.266. The molecule has 0 saturated carbocycles. The van der Waals surface area contributed by atoms with Gasteiger partial charge in [-0.15, -0.1) is 0 Å². The van der Waals surface area contributed by atoms with Crippen molar-refractivity contribution < 1.29 is 14.4 Å². The first-order valence-corrected chi connectivity index (χ1v) is 9.45. The Morgan fingerprint density at radius 2 is 2.00 bits per heavy atom. The first-order chi connectivity index (χ1) is 11.9. The van der Waals surface area contributed by atoms with Crippen LogP contribution in [0.2, 0.25) is 0 Å². The van der Waals surface area contributed by atoms with Crippen LogP contribution >= 0.6 is 15.9 Å². The zero-order valence-electron chi connectivity index (χ0n) is 14.1. The molecule has 4 atom stereocenters. The van der Waals surface area contributed by atoms with Gasteiger partial charge in [0.2, 0.25) is 17.7 Å². The highest BCUT2D eigenvalue weighted by Crippen LogP contribution is 2.53. The van der Waals surface area contributed by atoms with E-state index in [1.807, 2.05) is 32.0 Å². The molecule has 2 saturated heterocycles. The maximum Gasteiger partial charge on any atom is 0.250 e. The first-order valence-electron chi connectivity index (χ1n) is 8.66. The molecule has 1 aromatic rings. The monoisotopic (exact) mass is 405 g/mol. The molecule has 1 spiro atoms. The van der Waals surface area contributed by atoms with E-state index in [-0.39, 0.29) is 23.8 Å². The molecule has 0 radical (unpaired) electrons. The molecule has 2 fully saturated rings. The Kier molecular flexibility index (Phi) is 3.77. The molecule has 0 aliphatic carbocycles. The van der Waals surface area contributed by atoms with E-state index in [4.69, 9.17) is 0 Å². The predicted octanol–water partition coefficient (Wildman–Crippen LogP) is 1.99. The van der Waals surface area contributed by atoms with Crippen molar-refractivity contribution in [2.24, 2.45) is 11.8 Å². The van der Waals surface area contributed by atoms with Crippen molar-refractivity contribution in [2.45, 2.75) is 38.3 Å². The zero-order valence-corrected chi connectivity index (χ0v) is 15.7. The van der Waals surface area contributed by atoms with Crippen LogP contribution in [0.1, 0.15) is 32.3 Å². The predicted molar refractivity (Wildman–Crippen MR) is 95.7 cm³/mol. The minimum absolute atomic E-state index is 0.156. The molecular weight excluding hydrogens is 386 g/mol. The summed E-state index contributed by atoms with van der Waals surface area (Å²) in [7, 11) is 0. The fourth-order valence-corrected chi connectivity index (χ4v) is 4.89. The van der Waals surface area contributed by atoms with Crippen molar-refractivity contribution in [3.63, 3.8) is 0 Å². The first kappa shape index (κ1) is 16.7. The maximum atomic E-state index is 13.1. The van der Waals surface area contributed by atoms with E-state index in [1.54, 1.807) is 0 Å². The Labute approximate surface area is 154 Å². The second-order valence-electron chi connectivity index (χ2n) is 7.07. The lowest BCUT2D eigenvalue weighted by Gasteiger charge is -2.29. The summed E-state index contributed by atoms with van der Waals surface area (Å²) in [4.78, 5) is 40.3. The molecule has 1 aromatic carbocycles. The molecule has 3 amide bonds. The quantitative estimate of drug-likeness (QED) is 0.753. The molecule has 3 aliphatic rings. The van der Waals surface area contributed by atoms with Crippen molar-refractivity contribution in [1.29, 1.82) is 0 Å². The highest BCUT2D eigenvalue weighted by Gasteiger charge is 2.69. The van der Waals surface area contributed by atoms with Gasteiger partial charge in [-0.2, -0.15) is 0 Å². The molecule has 3 heterocycles. The van der Waals surface area contributed by atoms with Crippen molar-refractivity contribution in [2.75, 3.05) is 11.9 Å². The molecule has 132 valence electrons. The van der Waals surface area contributed by atoms with Gasteiger partial charge in [0.15, 0.2) is 0 Å². The number of anilines is 1. The summed E-state index contributed by atoms with van der Waals surface area (Å²) < 4.78 is 0.833. The fraction of sp³-hybridized carbons (Fsp3) is 0.500. The Morgan fingerprint density at radius 1 is 1.24 bits per heavy atom. The van der Waals surface area contributed by atoms with Crippen molar-refractivity contribution >= 4 is 39.3 Å². The summed E-state index contributed by atoms with van der Waals surface area (Å²) in [5.74, 6) is -1.83. The zero-order chi connectivity index (χ0) is 17.9. The summed E-state index contributed by atoms with van der Waals surface area (Å²) >= 11 is 3.45. The Morgan fingerprint density at radius 3 is 2.72 bits per heavy atom. The minimum atomic E-state index is -1.17. The lowest BCUT2D eigenvalue weighted by Crippen LogP contribution is -2.53. The molecule has 6 nitrogen and oxygen atoms in total. The average Bonchev–Trinajstić information content (AvgIpc) is 3.12. The third-order valence-electron chi connectivity index (χ3n) is 5.65. The van der Waals surface area contributed by atoms with Crippen LogP contribution in [0.3, 0.4) is 0 Å². The second kappa shape index (κ2) is 5.64. The van der Waals surface area contributed by atoms with Gasteiger partial charge in [-0.25, -0.2) is 0 Å². The van der Waals surface area contributed by atoms with Gasteiger partial charge in [-0.3, -0.25) is 24.6 Å². The van der Waals surface area contributed by atoms with Gasteiger partial charge in [0.05, 0.1) is 11.8 Å². The van der Waals surface area contributed by atoms with Crippen LogP contribution in [0.5, 0.6) is 0 Å². The van der Waals surface area contributed by atoms with Gasteiger partial charge in [-0.05, 0) is 31.5 Å². The van der Waals surface area contributed by atoms with E-state index in [0.29, 0.717) is 12.2 Å². The minimum Gasteiger partial charge on any atom is -0.324 e. The number of benzene rings is 1. The number of rotatable bonds is 3. The number of nitrogens with one attached hydrogen (secondary N) is 2. The van der Waals surface area contributed by atoms with Crippen LogP contribution in [0.4, 0.5) is 5.69 Å². The SMILES string of the molecule is CCCCN1C(=O)[C@H]2[C@@H](C1=O)[C@]1(N[C@@H]2C)C(=O)Nc2ccc(Br)cc21. The molecule has 7 heteroatoms. The summed E-state index contributed by atoms with van der Waals surface area (Å²) in [6, 6.07) is 5.29. The van der Waals surface area contributed by atoms with Crippen LogP contribution in [0.25, 0.3) is 0 Å². The van der Waals surface area contributed by atoms with Crippen molar-refractivity contribution in [3.8, 4) is 0 Å². The van der Waals surface area contributed by atoms with E-state index < -0.39 is 17.4 Å². The van der Waals surface area contributed by atoms with Crippen LogP contribution < -0.4 is 10.6 Å². The van der Waals surface area contributed by atoms with Crippen LogP contribution in [0, 0.1) is 11.8 Å².